The van der Waals surface area contributed by atoms with Gasteiger partial charge in [0.25, 0.3) is 5.91 Å². The molecule has 1 saturated heterocycles. The number of aromatic nitrogens is 1. The van der Waals surface area contributed by atoms with Crippen molar-refractivity contribution in [3.8, 4) is 11.6 Å². The van der Waals surface area contributed by atoms with Crippen molar-refractivity contribution in [2.45, 2.75) is 6.42 Å². The third kappa shape index (κ3) is 3.98. The highest BCUT2D eigenvalue weighted by molar-refractivity contribution is 6.35. The molecule has 0 spiro atoms. The van der Waals surface area contributed by atoms with Crippen molar-refractivity contribution in [2.24, 2.45) is 0 Å². The van der Waals surface area contributed by atoms with E-state index in [9.17, 15) is 4.79 Å². The molecule has 0 saturated carbocycles. The fraction of sp³-hybridized carbons (Fsp3) is 0.294. The Morgan fingerprint density at radius 2 is 2.08 bits per heavy atom. The molecule has 0 aliphatic carbocycles. The van der Waals surface area contributed by atoms with Gasteiger partial charge in [0.2, 0.25) is 5.88 Å². The van der Waals surface area contributed by atoms with E-state index >= 15 is 0 Å². The van der Waals surface area contributed by atoms with Crippen LogP contribution in [0.3, 0.4) is 0 Å². The van der Waals surface area contributed by atoms with Crippen molar-refractivity contribution in [1.82, 2.24) is 15.2 Å². The maximum absolute atomic E-state index is 12.8. The van der Waals surface area contributed by atoms with Crippen LogP contribution in [0, 0.1) is 0 Å². The van der Waals surface area contributed by atoms with Gasteiger partial charge in [-0.1, -0.05) is 23.2 Å². The van der Waals surface area contributed by atoms with Gasteiger partial charge in [0.1, 0.15) is 11.3 Å². The van der Waals surface area contributed by atoms with Gasteiger partial charge in [-0.05, 0) is 43.3 Å². The number of hydrogen-bond acceptors (Lipinski definition) is 4. The molecule has 1 aliphatic heterocycles. The predicted molar refractivity (Wildman–Crippen MR) is 94.2 cm³/mol. The van der Waals surface area contributed by atoms with Crippen molar-refractivity contribution in [2.75, 3.05) is 26.2 Å². The zero-order chi connectivity index (χ0) is 16.9. The van der Waals surface area contributed by atoms with Crippen LogP contribution in [-0.4, -0.2) is 42.0 Å². The van der Waals surface area contributed by atoms with E-state index in [1.54, 1.807) is 36.5 Å². The molecule has 3 rings (SSSR count). The van der Waals surface area contributed by atoms with Gasteiger partial charge in [-0.25, -0.2) is 4.98 Å². The van der Waals surface area contributed by atoms with Gasteiger partial charge >= 0.3 is 0 Å². The minimum absolute atomic E-state index is 0.0908. The van der Waals surface area contributed by atoms with Gasteiger partial charge in [-0.3, -0.25) is 4.79 Å². The van der Waals surface area contributed by atoms with E-state index in [1.165, 1.54) is 0 Å². The van der Waals surface area contributed by atoms with E-state index < -0.39 is 0 Å². The topological polar surface area (TPSA) is 54.5 Å². The number of amides is 1. The monoisotopic (exact) mass is 365 g/mol. The van der Waals surface area contributed by atoms with Gasteiger partial charge < -0.3 is 15.0 Å². The number of hydrogen-bond donors (Lipinski definition) is 1. The van der Waals surface area contributed by atoms with Crippen molar-refractivity contribution in [3.05, 3.63) is 52.1 Å². The highest BCUT2D eigenvalue weighted by Crippen LogP contribution is 2.32. The smallest absolute Gasteiger partial charge is 0.259 e. The third-order valence-corrected chi connectivity index (χ3v) is 4.26. The van der Waals surface area contributed by atoms with E-state index in [4.69, 9.17) is 27.9 Å². The Kier molecular flexibility index (Phi) is 5.56. The number of carbonyl (C=O) groups excluding carboxylic acids is 1. The molecule has 24 heavy (non-hydrogen) atoms. The molecule has 1 N–H and O–H groups in total. The summed E-state index contributed by atoms with van der Waals surface area (Å²) in [4.78, 5) is 18.8. The van der Waals surface area contributed by atoms with Crippen LogP contribution < -0.4 is 10.1 Å². The Labute approximate surface area is 150 Å². The summed E-state index contributed by atoms with van der Waals surface area (Å²) in [5, 5.41) is 4.16. The summed E-state index contributed by atoms with van der Waals surface area (Å²) in [7, 11) is 0. The number of benzene rings is 1. The molecular weight excluding hydrogens is 349 g/mol. The average Bonchev–Trinajstić information content (AvgIpc) is 2.86. The normalized spacial score (nSPS) is 15.0. The second kappa shape index (κ2) is 7.83. The molecule has 0 atom stereocenters. The SMILES string of the molecule is O=C(c1cccnc1Oc1ccc(Cl)cc1Cl)N1CCCNCC1. The quantitative estimate of drug-likeness (QED) is 0.902. The molecule has 1 aromatic heterocycles. The summed E-state index contributed by atoms with van der Waals surface area (Å²) in [5.41, 5.74) is 0.422. The summed E-state index contributed by atoms with van der Waals surface area (Å²) in [6.07, 6.45) is 2.51. The molecule has 1 fully saturated rings. The maximum Gasteiger partial charge on any atom is 0.259 e. The second-order valence-corrected chi connectivity index (χ2v) is 6.27. The number of carbonyl (C=O) groups is 1. The minimum atomic E-state index is -0.0908. The maximum atomic E-state index is 12.8. The molecule has 1 aliphatic rings. The number of ether oxygens (including phenoxy) is 1. The summed E-state index contributed by atoms with van der Waals surface area (Å²) in [5.74, 6) is 0.558. The molecule has 0 bridgehead atoms. The molecule has 0 radical (unpaired) electrons. The van der Waals surface area contributed by atoms with Crippen molar-refractivity contribution < 1.29 is 9.53 Å². The first-order valence-electron chi connectivity index (χ1n) is 7.73. The second-order valence-electron chi connectivity index (χ2n) is 5.43. The van der Waals surface area contributed by atoms with Crippen LogP contribution in [0.25, 0.3) is 0 Å². The number of nitrogens with one attached hydrogen (secondary N) is 1. The zero-order valence-corrected chi connectivity index (χ0v) is 14.5. The van der Waals surface area contributed by atoms with Crippen LogP contribution in [0.4, 0.5) is 0 Å². The first kappa shape index (κ1) is 17.0. The van der Waals surface area contributed by atoms with Crippen molar-refractivity contribution in [1.29, 1.82) is 0 Å². The summed E-state index contributed by atoms with van der Waals surface area (Å²) in [6, 6.07) is 8.35. The molecule has 0 unspecified atom stereocenters. The van der Waals surface area contributed by atoms with E-state index in [0.717, 1.165) is 19.5 Å². The molecular formula is C17H17Cl2N3O2. The van der Waals surface area contributed by atoms with Crippen molar-refractivity contribution >= 4 is 29.1 Å². The lowest BCUT2D eigenvalue weighted by molar-refractivity contribution is 0.0763. The first-order chi connectivity index (χ1) is 11.6. The van der Waals surface area contributed by atoms with Crippen LogP contribution in [0.2, 0.25) is 10.0 Å². The summed E-state index contributed by atoms with van der Waals surface area (Å²) >= 11 is 12.0. The van der Waals surface area contributed by atoms with Gasteiger partial charge in [-0.2, -0.15) is 0 Å². The lowest BCUT2D eigenvalue weighted by atomic mass is 10.2. The average molecular weight is 366 g/mol. The number of halogens is 2. The highest BCUT2D eigenvalue weighted by atomic mass is 35.5. The Morgan fingerprint density at radius 1 is 1.21 bits per heavy atom. The molecule has 1 amide bonds. The predicted octanol–water partition coefficient (Wildman–Crippen LogP) is 3.62. The summed E-state index contributed by atoms with van der Waals surface area (Å²) in [6.45, 7) is 3.07. The van der Waals surface area contributed by atoms with Crippen LogP contribution in [0.15, 0.2) is 36.5 Å². The van der Waals surface area contributed by atoms with E-state index in [2.05, 4.69) is 10.3 Å². The molecule has 5 nitrogen and oxygen atoms in total. The largest absolute Gasteiger partial charge is 0.437 e. The number of nitrogens with zero attached hydrogens (tertiary/aromatic N) is 2. The molecule has 2 heterocycles. The highest BCUT2D eigenvalue weighted by Gasteiger charge is 2.22. The summed E-state index contributed by atoms with van der Waals surface area (Å²) < 4.78 is 5.77. The minimum Gasteiger partial charge on any atom is -0.437 e. The lowest BCUT2D eigenvalue weighted by Gasteiger charge is -2.21. The number of rotatable bonds is 3. The Hall–Kier alpha value is -1.82. The van der Waals surface area contributed by atoms with E-state index in [0.29, 0.717) is 34.4 Å². The fourth-order valence-electron chi connectivity index (χ4n) is 2.52. The van der Waals surface area contributed by atoms with E-state index in [1.807, 2.05) is 4.90 Å². The fourth-order valence-corrected chi connectivity index (χ4v) is 2.96. The number of pyridine rings is 1. The van der Waals surface area contributed by atoms with Gasteiger partial charge in [0.15, 0.2) is 0 Å². The zero-order valence-electron chi connectivity index (χ0n) is 13.0. The molecule has 126 valence electrons. The lowest BCUT2D eigenvalue weighted by Crippen LogP contribution is -2.34. The van der Waals surface area contributed by atoms with E-state index in [-0.39, 0.29) is 11.8 Å². The van der Waals surface area contributed by atoms with Crippen LogP contribution in [-0.2, 0) is 0 Å². The Bertz CT molecular complexity index is 732. The van der Waals surface area contributed by atoms with Crippen LogP contribution in [0.5, 0.6) is 11.6 Å². The molecule has 1 aromatic carbocycles. The Balaban J connectivity index is 1.85. The molecule has 7 heteroatoms. The van der Waals surface area contributed by atoms with Gasteiger partial charge in [-0.15, -0.1) is 0 Å². The van der Waals surface area contributed by atoms with Crippen LogP contribution in [0.1, 0.15) is 16.8 Å². The molecule has 2 aromatic rings. The third-order valence-electron chi connectivity index (χ3n) is 3.73. The Morgan fingerprint density at radius 3 is 2.92 bits per heavy atom. The standard InChI is InChI=1S/C17H17Cl2N3O2/c18-12-4-5-15(14(19)11-12)24-16-13(3-1-7-21-16)17(23)22-9-2-6-20-8-10-22/h1,3-5,7,11,20H,2,6,8-10H2. The van der Waals surface area contributed by atoms with Gasteiger partial charge in [0.05, 0.1) is 5.02 Å². The van der Waals surface area contributed by atoms with Gasteiger partial charge in [0, 0.05) is 30.9 Å². The van der Waals surface area contributed by atoms with Crippen molar-refractivity contribution in [3.63, 3.8) is 0 Å². The first-order valence-corrected chi connectivity index (χ1v) is 8.48. The van der Waals surface area contributed by atoms with Crippen LogP contribution >= 0.6 is 23.2 Å².